The maximum Gasteiger partial charge on any atom is 0.166 e. The second-order valence-corrected chi connectivity index (χ2v) is 5.85. The number of ketones is 1. The summed E-state index contributed by atoms with van der Waals surface area (Å²) < 4.78 is 4.90. The van der Waals surface area contributed by atoms with Crippen LogP contribution in [0.5, 0.6) is 0 Å². The lowest BCUT2D eigenvalue weighted by atomic mass is 10.0. The van der Waals surface area contributed by atoms with Crippen molar-refractivity contribution in [3.05, 3.63) is 39.9 Å². The van der Waals surface area contributed by atoms with Gasteiger partial charge >= 0.3 is 0 Å². The Kier molecular flexibility index (Phi) is 3.94. The van der Waals surface area contributed by atoms with E-state index in [-0.39, 0.29) is 11.7 Å². The highest BCUT2D eigenvalue weighted by atomic mass is 79.9. The highest BCUT2D eigenvalue weighted by Crippen LogP contribution is 2.21. The molecule has 0 atom stereocenters. The fraction of sp³-hybridized carbons (Fsp3) is 0.429. The van der Waals surface area contributed by atoms with E-state index in [0.29, 0.717) is 6.54 Å². The van der Waals surface area contributed by atoms with E-state index in [1.54, 1.807) is 0 Å². The third kappa shape index (κ3) is 2.81. The van der Waals surface area contributed by atoms with E-state index >= 15 is 0 Å². The number of carbonyl (C=O) groups excluding carboxylic acids is 1. The van der Waals surface area contributed by atoms with Gasteiger partial charge in [0.2, 0.25) is 0 Å². The van der Waals surface area contributed by atoms with E-state index < -0.39 is 0 Å². The van der Waals surface area contributed by atoms with Gasteiger partial charge in [-0.1, -0.05) is 13.8 Å². The third-order valence-electron chi connectivity index (χ3n) is 3.15. The Morgan fingerprint density at radius 3 is 2.68 bits per heavy atom. The monoisotopic (exact) mass is 323 g/mol. The number of hydrogen-bond donors (Lipinski definition) is 0. The molecule has 0 fully saturated rings. The van der Waals surface area contributed by atoms with Gasteiger partial charge in [0.25, 0.3) is 0 Å². The lowest BCUT2D eigenvalue weighted by Crippen LogP contribution is -2.07. The molecule has 0 aromatic carbocycles. The molecule has 0 aliphatic carbocycles. The highest BCUT2D eigenvalue weighted by Gasteiger charge is 2.14. The smallest absolute Gasteiger partial charge is 0.166 e. The van der Waals surface area contributed by atoms with Crippen molar-refractivity contribution < 1.29 is 4.79 Å². The molecule has 2 heterocycles. The summed E-state index contributed by atoms with van der Waals surface area (Å²) in [5, 5.41) is 4.37. The first kappa shape index (κ1) is 14.1. The zero-order chi connectivity index (χ0) is 14.2. The number of Topliss-reactive ketones (excluding diaryl/α,β-unsaturated/α-hetero) is 1. The number of nitrogens with zero attached hydrogens (tertiary/aromatic N) is 3. The van der Waals surface area contributed by atoms with Gasteiger partial charge in [-0.3, -0.25) is 9.48 Å². The predicted molar refractivity (Wildman–Crippen MR) is 78.3 cm³/mol. The van der Waals surface area contributed by atoms with Crippen LogP contribution in [0.1, 0.15) is 35.6 Å². The summed E-state index contributed by atoms with van der Waals surface area (Å²) in [4.78, 5) is 11.9. The highest BCUT2D eigenvalue weighted by molar-refractivity contribution is 9.10. The van der Waals surface area contributed by atoms with Crippen LogP contribution in [0.4, 0.5) is 0 Å². The maximum atomic E-state index is 11.9. The van der Waals surface area contributed by atoms with E-state index in [0.717, 1.165) is 21.4 Å². The summed E-state index contributed by atoms with van der Waals surface area (Å²) in [6.07, 6.45) is 3.83. The van der Waals surface area contributed by atoms with Crippen molar-refractivity contribution in [2.45, 2.75) is 27.3 Å². The van der Waals surface area contributed by atoms with Crippen LogP contribution in [0, 0.1) is 12.8 Å². The third-order valence-corrected chi connectivity index (χ3v) is 4.18. The molecule has 0 bridgehead atoms. The van der Waals surface area contributed by atoms with Crippen molar-refractivity contribution in [3.63, 3.8) is 0 Å². The molecule has 2 rings (SSSR count). The quantitative estimate of drug-likeness (QED) is 0.811. The molecule has 0 saturated carbocycles. The van der Waals surface area contributed by atoms with Crippen LogP contribution in [0.15, 0.2) is 22.9 Å². The molecule has 0 aliphatic heterocycles. The van der Waals surface area contributed by atoms with Crippen LogP contribution in [0.2, 0.25) is 0 Å². The van der Waals surface area contributed by atoms with Gasteiger partial charge in [-0.25, -0.2) is 0 Å². The van der Waals surface area contributed by atoms with Crippen molar-refractivity contribution in [2.24, 2.45) is 13.0 Å². The largest absolute Gasteiger partial charge is 0.348 e. The number of rotatable bonds is 4. The molecule has 2 aromatic heterocycles. The molecule has 0 unspecified atom stereocenters. The van der Waals surface area contributed by atoms with E-state index in [2.05, 4.69) is 21.0 Å². The molecule has 0 N–H and O–H groups in total. The SMILES string of the molecule is Cc1nn(C)c(Cn2ccc(C(=O)C(C)C)c2)c1Br. The van der Waals surface area contributed by atoms with Crippen LogP contribution in [-0.2, 0) is 13.6 Å². The Balaban J connectivity index is 2.23. The van der Waals surface area contributed by atoms with Crippen LogP contribution in [0.3, 0.4) is 0 Å². The zero-order valence-corrected chi connectivity index (χ0v) is 13.2. The van der Waals surface area contributed by atoms with E-state index in [4.69, 9.17) is 0 Å². The van der Waals surface area contributed by atoms with Gasteiger partial charge in [0.1, 0.15) is 0 Å². The Bertz CT molecular complexity index is 610. The molecule has 102 valence electrons. The van der Waals surface area contributed by atoms with Crippen LogP contribution in [0.25, 0.3) is 0 Å². The minimum absolute atomic E-state index is 0.0292. The molecule has 19 heavy (non-hydrogen) atoms. The van der Waals surface area contributed by atoms with Gasteiger partial charge in [0.15, 0.2) is 5.78 Å². The topological polar surface area (TPSA) is 39.8 Å². The first-order valence-corrected chi connectivity index (χ1v) is 7.07. The second-order valence-electron chi connectivity index (χ2n) is 5.06. The molecular weight excluding hydrogens is 306 g/mol. The minimum atomic E-state index is 0.0292. The fourth-order valence-electron chi connectivity index (χ4n) is 2.04. The predicted octanol–water partition coefficient (Wildman–Crippen LogP) is 3.18. The van der Waals surface area contributed by atoms with Crippen LogP contribution >= 0.6 is 15.9 Å². The summed E-state index contributed by atoms with van der Waals surface area (Å²) in [6, 6.07) is 1.87. The van der Waals surface area contributed by atoms with Crippen molar-refractivity contribution in [1.82, 2.24) is 14.3 Å². The van der Waals surface area contributed by atoms with Gasteiger partial charge in [-0.15, -0.1) is 0 Å². The van der Waals surface area contributed by atoms with E-state index in [9.17, 15) is 4.79 Å². The van der Waals surface area contributed by atoms with E-state index in [1.165, 1.54) is 0 Å². The van der Waals surface area contributed by atoms with Gasteiger partial charge in [0.05, 0.1) is 22.4 Å². The van der Waals surface area contributed by atoms with Gasteiger partial charge in [0, 0.05) is 30.9 Å². The lowest BCUT2D eigenvalue weighted by Gasteiger charge is -2.05. The molecular formula is C14H18BrN3O. The molecule has 0 saturated heterocycles. The summed E-state index contributed by atoms with van der Waals surface area (Å²) in [5.41, 5.74) is 2.84. The number of hydrogen-bond acceptors (Lipinski definition) is 2. The summed E-state index contributed by atoms with van der Waals surface area (Å²) in [5.74, 6) is 0.209. The molecule has 4 nitrogen and oxygen atoms in total. The Morgan fingerprint density at radius 2 is 2.16 bits per heavy atom. The zero-order valence-electron chi connectivity index (χ0n) is 11.6. The number of halogens is 1. The Morgan fingerprint density at radius 1 is 1.47 bits per heavy atom. The van der Waals surface area contributed by atoms with Gasteiger partial charge in [-0.05, 0) is 28.9 Å². The summed E-state index contributed by atoms with van der Waals surface area (Å²) >= 11 is 3.55. The minimum Gasteiger partial charge on any atom is -0.348 e. The van der Waals surface area contributed by atoms with Crippen LogP contribution in [-0.4, -0.2) is 20.1 Å². The molecule has 5 heteroatoms. The van der Waals surface area contributed by atoms with Crippen molar-refractivity contribution in [1.29, 1.82) is 0 Å². The maximum absolute atomic E-state index is 11.9. The summed E-state index contributed by atoms with van der Waals surface area (Å²) in [6.45, 7) is 6.50. The summed E-state index contributed by atoms with van der Waals surface area (Å²) in [7, 11) is 1.93. The average Bonchev–Trinajstić information content (AvgIpc) is 2.90. The first-order valence-electron chi connectivity index (χ1n) is 6.28. The van der Waals surface area contributed by atoms with Crippen molar-refractivity contribution in [2.75, 3.05) is 0 Å². The van der Waals surface area contributed by atoms with E-state index in [1.807, 2.05) is 55.5 Å². The number of aryl methyl sites for hydroxylation is 2. The number of carbonyl (C=O) groups is 1. The molecule has 0 radical (unpaired) electrons. The Labute approximate surface area is 121 Å². The lowest BCUT2D eigenvalue weighted by molar-refractivity contribution is 0.0939. The average molecular weight is 324 g/mol. The normalized spacial score (nSPS) is 11.3. The van der Waals surface area contributed by atoms with Crippen LogP contribution < -0.4 is 0 Å². The molecule has 0 spiro atoms. The fourth-order valence-corrected chi connectivity index (χ4v) is 2.50. The molecule has 2 aromatic rings. The van der Waals surface area contributed by atoms with Crippen molar-refractivity contribution in [3.8, 4) is 0 Å². The van der Waals surface area contributed by atoms with Gasteiger partial charge < -0.3 is 4.57 Å². The molecule has 0 aliphatic rings. The first-order chi connectivity index (χ1) is 8.90. The standard InChI is InChI=1S/C14H18BrN3O/c1-9(2)14(19)11-5-6-18(7-11)8-12-13(15)10(3)16-17(12)4/h5-7,9H,8H2,1-4H3. The molecule has 0 amide bonds. The second kappa shape index (κ2) is 5.33. The van der Waals surface area contributed by atoms with Crippen molar-refractivity contribution >= 4 is 21.7 Å². The Hall–Kier alpha value is -1.36. The number of aromatic nitrogens is 3. The van der Waals surface area contributed by atoms with Gasteiger partial charge in [-0.2, -0.15) is 5.10 Å².